The fraction of sp³-hybridized carbons (Fsp3) is 0.950. The molecular formula is C20H43N5. The molecule has 2 N–H and O–H groups in total. The summed E-state index contributed by atoms with van der Waals surface area (Å²) in [5.74, 6) is 0.970. The summed E-state index contributed by atoms with van der Waals surface area (Å²) >= 11 is 0. The van der Waals surface area contributed by atoms with Crippen molar-refractivity contribution in [2.45, 2.75) is 59.8 Å². The Bertz CT molecular complexity index is 367. The highest BCUT2D eigenvalue weighted by molar-refractivity contribution is 5.79. The van der Waals surface area contributed by atoms with Gasteiger partial charge in [-0.2, -0.15) is 0 Å². The van der Waals surface area contributed by atoms with E-state index in [4.69, 9.17) is 4.99 Å². The van der Waals surface area contributed by atoms with Crippen LogP contribution in [0.5, 0.6) is 0 Å². The molecule has 1 aliphatic rings. The molecule has 0 aromatic heterocycles. The Balaban J connectivity index is 2.36. The van der Waals surface area contributed by atoms with Crippen LogP contribution in [0.2, 0.25) is 0 Å². The molecular weight excluding hydrogens is 310 g/mol. The van der Waals surface area contributed by atoms with E-state index < -0.39 is 0 Å². The second kappa shape index (κ2) is 12.5. The molecule has 25 heavy (non-hydrogen) atoms. The topological polar surface area (TPSA) is 42.9 Å². The summed E-state index contributed by atoms with van der Waals surface area (Å²) in [6.07, 6.45) is 6.46. The molecule has 1 saturated heterocycles. The van der Waals surface area contributed by atoms with Gasteiger partial charge >= 0.3 is 0 Å². The maximum atomic E-state index is 4.84. The Hall–Kier alpha value is -0.810. The largest absolute Gasteiger partial charge is 0.357 e. The lowest BCUT2D eigenvalue weighted by Gasteiger charge is -2.24. The quantitative estimate of drug-likeness (QED) is 0.360. The number of guanidine groups is 1. The van der Waals surface area contributed by atoms with Gasteiger partial charge in [-0.15, -0.1) is 0 Å². The lowest BCUT2D eigenvalue weighted by atomic mass is 9.87. The van der Waals surface area contributed by atoms with Gasteiger partial charge in [-0.25, -0.2) is 0 Å². The van der Waals surface area contributed by atoms with Gasteiger partial charge in [-0.05, 0) is 45.3 Å². The van der Waals surface area contributed by atoms with E-state index in [0.29, 0.717) is 0 Å². The fourth-order valence-electron chi connectivity index (χ4n) is 3.22. The molecule has 0 unspecified atom stereocenters. The monoisotopic (exact) mass is 353 g/mol. The molecule has 1 rings (SSSR count). The number of aliphatic imine (C=N–C) groups is 1. The molecule has 5 nitrogen and oxygen atoms in total. The smallest absolute Gasteiger partial charge is 0.191 e. The van der Waals surface area contributed by atoms with Crippen LogP contribution in [-0.4, -0.2) is 75.2 Å². The molecule has 148 valence electrons. The van der Waals surface area contributed by atoms with E-state index in [-0.39, 0.29) is 5.41 Å². The molecule has 0 aromatic rings. The van der Waals surface area contributed by atoms with Gasteiger partial charge in [-0.3, -0.25) is 4.99 Å². The summed E-state index contributed by atoms with van der Waals surface area (Å²) < 4.78 is 0. The Morgan fingerprint density at radius 2 is 1.84 bits per heavy atom. The minimum absolute atomic E-state index is 0.285. The van der Waals surface area contributed by atoms with Crippen molar-refractivity contribution in [2.24, 2.45) is 10.4 Å². The van der Waals surface area contributed by atoms with Gasteiger partial charge in [0.1, 0.15) is 0 Å². The van der Waals surface area contributed by atoms with E-state index in [2.05, 4.69) is 55.2 Å². The molecule has 0 saturated carbocycles. The predicted octanol–water partition coefficient (Wildman–Crippen LogP) is 2.79. The zero-order valence-corrected chi connectivity index (χ0v) is 17.5. The number of unbranched alkanes of at least 4 members (excludes halogenated alkanes) is 2. The third-order valence-electron chi connectivity index (χ3n) is 5.00. The fourth-order valence-corrected chi connectivity index (χ4v) is 3.22. The van der Waals surface area contributed by atoms with Crippen LogP contribution in [0.4, 0.5) is 0 Å². The van der Waals surface area contributed by atoms with Crippen molar-refractivity contribution < 1.29 is 0 Å². The van der Waals surface area contributed by atoms with E-state index in [0.717, 1.165) is 32.1 Å². The molecule has 5 heteroatoms. The van der Waals surface area contributed by atoms with Gasteiger partial charge in [0, 0.05) is 39.3 Å². The van der Waals surface area contributed by atoms with Crippen molar-refractivity contribution in [1.82, 2.24) is 20.4 Å². The van der Waals surface area contributed by atoms with Crippen LogP contribution in [0, 0.1) is 5.41 Å². The van der Waals surface area contributed by atoms with E-state index >= 15 is 0 Å². The maximum Gasteiger partial charge on any atom is 0.191 e. The lowest BCUT2D eigenvalue weighted by Crippen LogP contribution is -2.42. The van der Waals surface area contributed by atoms with Crippen LogP contribution in [-0.2, 0) is 0 Å². The third-order valence-corrected chi connectivity index (χ3v) is 5.00. The zero-order chi connectivity index (χ0) is 18.5. The predicted molar refractivity (Wildman–Crippen MR) is 110 cm³/mol. The van der Waals surface area contributed by atoms with Crippen molar-refractivity contribution in [3.8, 4) is 0 Å². The highest BCUT2D eigenvalue weighted by Crippen LogP contribution is 2.23. The standard InChI is InChI=1S/C20H43N5/c1-6-8-9-11-20(3,4)18-23-19(21-7-2)22-12-15-25-14-10-13-24(5)16-17-25/h6-18H2,1-5H3,(H2,21,22,23). The Kier molecular flexibility index (Phi) is 11.1. The summed E-state index contributed by atoms with van der Waals surface area (Å²) in [4.78, 5) is 9.84. The van der Waals surface area contributed by atoms with Crippen molar-refractivity contribution >= 4 is 5.96 Å². The van der Waals surface area contributed by atoms with Crippen LogP contribution in [0.25, 0.3) is 0 Å². The highest BCUT2D eigenvalue weighted by atomic mass is 15.2. The molecule has 0 amide bonds. The van der Waals surface area contributed by atoms with Gasteiger partial charge in [0.2, 0.25) is 0 Å². The Labute approximate surface area is 156 Å². The van der Waals surface area contributed by atoms with Crippen LogP contribution in [0.1, 0.15) is 59.8 Å². The SMILES string of the molecule is CCCCCC(C)(C)CN=C(NCC)NCCN1CCCN(C)CC1. The Morgan fingerprint density at radius 1 is 1.04 bits per heavy atom. The van der Waals surface area contributed by atoms with Gasteiger partial charge in [0.05, 0.1) is 0 Å². The summed E-state index contributed by atoms with van der Waals surface area (Å²) in [6, 6.07) is 0. The molecule has 1 heterocycles. The van der Waals surface area contributed by atoms with E-state index in [1.807, 2.05) is 0 Å². The van der Waals surface area contributed by atoms with Crippen molar-refractivity contribution in [1.29, 1.82) is 0 Å². The number of rotatable bonds is 10. The van der Waals surface area contributed by atoms with Gasteiger partial charge in [0.25, 0.3) is 0 Å². The third kappa shape index (κ3) is 10.7. The maximum absolute atomic E-state index is 4.84. The minimum atomic E-state index is 0.285. The van der Waals surface area contributed by atoms with E-state index in [1.54, 1.807) is 0 Å². The molecule has 0 bridgehead atoms. The minimum Gasteiger partial charge on any atom is -0.357 e. The normalized spacial score (nSPS) is 18.2. The van der Waals surface area contributed by atoms with Gasteiger partial charge < -0.3 is 20.4 Å². The summed E-state index contributed by atoms with van der Waals surface area (Å²) in [5, 5.41) is 6.91. The van der Waals surface area contributed by atoms with E-state index in [9.17, 15) is 0 Å². The van der Waals surface area contributed by atoms with Crippen molar-refractivity contribution in [3.05, 3.63) is 0 Å². The first kappa shape index (κ1) is 22.2. The number of nitrogens with one attached hydrogen (secondary N) is 2. The summed E-state index contributed by atoms with van der Waals surface area (Å²) in [5.41, 5.74) is 0.285. The van der Waals surface area contributed by atoms with Crippen LogP contribution in [0.15, 0.2) is 4.99 Å². The number of likely N-dealkylation sites (N-methyl/N-ethyl adjacent to an activating group) is 1. The van der Waals surface area contributed by atoms with Gasteiger partial charge in [-0.1, -0.05) is 40.0 Å². The first-order valence-corrected chi connectivity index (χ1v) is 10.4. The van der Waals surface area contributed by atoms with Crippen molar-refractivity contribution in [2.75, 3.05) is 59.4 Å². The van der Waals surface area contributed by atoms with Crippen LogP contribution < -0.4 is 10.6 Å². The highest BCUT2D eigenvalue weighted by Gasteiger charge is 2.17. The number of nitrogens with zero attached hydrogens (tertiary/aromatic N) is 3. The molecule has 0 aliphatic carbocycles. The second-order valence-corrected chi connectivity index (χ2v) is 8.24. The average Bonchev–Trinajstić information content (AvgIpc) is 2.77. The molecule has 0 aromatic carbocycles. The molecule has 0 atom stereocenters. The molecule has 1 aliphatic heterocycles. The van der Waals surface area contributed by atoms with Crippen LogP contribution >= 0.6 is 0 Å². The number of hydrogen-bond donors (Lipinski definition) is 2. The summed E-state index contributed by atoms with van der Waals surface area (Å²) in [6.45, 7) is 17.7. The summed E-state index contributed by atoms with van der Waals surface area (Å²) in [7, 11) is 2.22. The molecule has 1 fully saturated rings. The van der Waals surface area contributed by atoms with Crippen molar-refractivity contribution in [3.63, 3.8) is 0 Å². The molecule has 0 radical (unpaired) electrons. The average molecular weight is 354 g/mol. The molecule has 0 spiro atoms. The number of hydrogen-bond acceptors (Lipinski definition) is 3. The van der Waals surface area contributed by atoms with E-state index in [1.165, 1.54) is 58.3 Å². The Morgan fingerprint density at radius 3 is 2.56 bits per heavy atom. The second-order valence-electron chi connectivity index (χ2n) is 8.24. The first-order chi connectivity index (χ1) is 12.0. The lowest BCUT2D eigenvalue weighted by molar-refractivity contribution is 0.279. The first-order valence-electron chi connectivity index (χ1n) is 10.4. The zero-order valence-electron chi connectivity index (χ0n) is 17.5. The van der Waals surface area contributed by atoms with Gasteiger partial charge in [0.15, 0.2) is 5.96 Å². The van der Waals surface area contributed by atoms with Crippen LogP contribution in [0.3, 0.4) is 0 Å².